The van der Waals surface area contributed by atoms with Crippen molar-refractivity contribution in [3.8, 4) is 17.4 Å². The molecule has 2 aromatic carbocycles. The molecule has 0 bridgehead atoms. The average molecular weight is 420 g/mol. The molecule has 0 aliphatic carbocycles. The molecule has 0 aliphatic rings. The van der Waals surface area contributed by atoms with Crippen LogP contribution in [0.5, 0.6) is 17.4 Å². The van der Waals surface area contributed by atoms with Crippen LogP contribution < -0.4 is 20.5 Å². The largest absolute Gasteiger partial charge is 0.495 e. The molecule has 3 rings (SSSR count). The van der Waals surface area contributed by atoms with Crippen molar-refractivity contribution < 1.29 is 14.3 Å². The highest BCUT2D eigenvalue weighted by Gasteiger charge is 2.09. The van der Waals surface area contributed by atoms with Gasteiger partial charge in [-0.2, -0.15) is 0 Å². The van der Waals surface area contributed by atoms with Gasteiger partial charge in [-0.3, -0.25) is 4.79 Å². The number of benzene rings is 2. The Kier molecular flexibility index (Phi) is 7.87. The Hall–Kier alpha value is -3.54. The van der Waals surface area contributed by atoms with Gasteiger partial charge in [-0.05, 0) is 42.7 Å². The number of rotatable bonds is 11. The summed E-state index contributed by atoms with van der Waals surface area (Å²) in [7, 11) is 1.69. The van der Waals surface area contributed by atoms with Crippen molar-refractivity contribution in [1.29, 1.82) is 0 Å². The van der Waals surface area contributed by atoms with Crippen molar-refractivity contribution >= 4 is 11.6 Å². The van der Waals surface area contributed by atoms with Gasteiger partial charge in [0.15, 0.2) is 0 Å². The molecule has 31 heavy (non-hydrogen) atoms. The second-order valence-corrected chi connectivity index (χ2v) is 7.30. The summed E-state index contributed by atoms with van der Waals surface area (Å²) < 4.78 is 11.5. The van der Waals surface area contributed by atoms with Crippen LogP contribution in [0.2, 0.25) is 0 Å². The number of unbranched alkanes of at least 4 members (excludes halogenated alkanes) is 2. The molecule has 1 heterocycles. The first kappa shape index (κ1) is 22.2. The van der Waals surface area contributed by atoms with Gasteiger partial charge in [0, 0.05) is 24.4 Å². The number of aryl methyl sites for hydroxylation is 1. The van der Waals surface area contributed by atoms with E-state index in [4.69, 9.17) is 15.2 Å². The van der Waals surface area contributed by atoms with E-state index in [2.05, 4.69) is 35.4 Å². The molecule has 0 aliphatic heterocycles. The van der Waals surface area contributed by atoms with Crippen LogP contribution in [0.1, 0.15) is 47.7 Å². The van der Waals surface area contributed by atoms with Gasteiger partial charge < -0.3 is 20.5 Å². The molecule has 0 unspecified atom stereocenters. The van der Waals surface area contributed by atoms with Gasteiger partial charge >= 0.3 is 0 Å². The third-order valence-electron chi connectivity index (χ3n) is 5.01. The molecular weight excluding hydrogens is 390 g/mol. The number of aromatic nitrogens is 1. The predicted octanol–water partition coefficient (Wildman–Crippen LogP) is 5.33. The molecule has 0 radical (unpaired) electrons. The highest BCUT2D eigenvalue weighted by molar-refractivity contribution is 5.92. The Morgan fingerprint density at radius 3 is 2.61 bits per heavy atom. The minimum Gasteiger partial charge on any atom is -0.495 e. The summed E-state index contributed by atoms with van der Waals surface area (Å²) >= 11 is 0. The molecule has 0 fully saturated rings. The maximum atomic E-state index is 11.2. The first-order valence-corrected chi connectivity index (χ1v) is 10.5. The van der Waals surface area contributed by atoms with E-state index in [1.54, 1.807) is 19.2 Å². The highest BCUT2D eigenvalue weighted by atomic mass is 16.5. The van der Waals surface area contributed by atoms with Crippen molar-refractivity contribution in [3.05, 3.63) is 77.5 Å². The third-order valence-corrected chi connectivity index (χ3v) is 5.01. The number of para-hydroxylation sites is 1. The summed E-state index contributed by atoms with van der Waals surface area (Å²) in [6.45, 7) is 2.77. The van der Waals surface area contributed by atoms with E-state index < -0.39 is 5.91 Å². The number of ether oxygens (including phenoxy) is 2. The van der Waals surface area contributed by atoms with Crippen LogP contribution in [0.4, 0.5) is 5.69 Å². The predicted molar refractivity (Wildman–Crippen MR) is 123 cm³/mol. The number of primary amides is 1. The molecular formula is C25H29N3O3. The smallest absolute Gasteiger partial charge is 0.250 e. The fourth-order valence-corrected chi connectivity index (χ4v) is 3.26. The number of carbonyl (C=O) groups is 1. The number of amides is 1. The van der Waals surface area contributed by atoms with Crippen molar-refractivity contribution in [2.24, 2.45) is 5.73 Å². The number of nitrogens with zero attached hydrogens (tertiary/aromatic N) is 1. The molecule has 1 amide bonds. The van der Waals surface area contributed by atoms with Gasteiger partial charge in [-0.25, -0.2) is 4.98 Å². The first-order chi connectivity index (χ1) is 15.1. The topological polar surface area (TPSA) is 86.5 Å². The standard InChI is InChI=1S/C25H29N3O3/c1-3-4-5-8-18-11-13-21(23(15-18)30-2)27-16-19-9-6-7-10-22(19)31-24-14-12-20(17-28-24)25(26)29/h6-7,9-15,17,27H,3-5,8,16H2,1-2H3,(H2,26,29). The number of pyridine rings is 1. The fraction of sp³-hybridized carbons (Fsp3) is 0.280. The molecule has 0 saturated carbocycles. The number of carbonyl (C=O) groups excluding carboxylic acids is 1. The zero-order chi connectivity index (χ0) is 22.1. The maximum Gasteiger partial charge on any atom is 0.250 e. The van der Waals surface area contributed by atoms with E-state index >= 15 is 0 Å². The number of hydrogen-bond donors (Lipinski definition) is 2. The minimum absolute atomic E-state index is 0.340. The van der Waals surface area contributed by atoms with Crippen LogP contribution >= 0.6 is 0 Å². The normalized spacial score (nSPS) is 10.5. The lowest BCUT2D eigenvalue weighted by molar-refractivity contribution is 0.1000. The number of hydrogen-bond acceptors (Lipinski definition) is 5. The lowest BCUT2D eigenvalue weighted by Crippen LogP contribution is -2.11. The summed E-state index contributed by atoms with van der Waals surface area (Å²) in [6.07, 6.45) is 6.10. The Labute approximate surface area is 183 Å². The molecule has 3 N–H and O–H groups in total. The van der Waals surface area contributed by atoms with Crippen LogP contribution in [0.3, 0.4) is 0 Å². The summed E-state index contributed by atoms with van der Waals surface area (Å²) in [5.41, 5.74) is 8.78. The molecule has 0 spiro atoms. The molecule has 1 aromatic heterocycles. The van der Waals surface area contributed by atoms with Crippen molar-refractivity contribution in [2.45, 2.75) is 39.2 Å². The van der Waals surface area contributed by atoms with E-state index in [1.165, 1.54) is 31.0 Å². The fourth-order valence-electron chi connectivity index (χ4n) is 3.26. The molecule has 6 nitrogen and oxygen atoms in total. The summed E-state index contributed by atoms with van der Waals surface area (Å²) in [5.74, 6) is 1.39. The SMILES string of the molecule is CCCCCc1ccc(NCc2ccccc2Oc2ccc(C(N)=O)cn2)c(OC)c1. The number of nitrogens with one attached hydrogen (secondary N) is 1. The van der Waals surface area contributed by atoms with E-state index in [1.807, 2.05) is 24.3 Å². The lowest BCUT2D eigenvalue weighted by atomic mass is 10.1. The van der Waals surface area contributed by atoms with Crippen molar-refractivity contribution in [2.75, 3.05) is 12.4 Å². The second-order valence-electron chi connectivity index (χ2n) is 7.30. The van der Waals surface area contributed by atoms with Gasteiger partial charge in [0.25, 0.3) is 0 Å². The van der Waals surface area contributed by atoms with E-state index in [0.717, 1.165) is 23.4 Å². The third kappa shape index (κ3) is 6.22. The Balaban J connectivity index is 1.69. The maximum absolute atomic E-state index is 11.2. The number of methoxy groups -OCH3 is 1. The van der Waals surface area contributed by atoms with Gasteiger partial charge in [0.05, 0.1) is 18.4 Å². The monoisotopic (exact) mass is 419 g/mol. The van der Waals surface area contributed by atoms with Gasteiger partial charge in [0.1, 0.15) is 11.5 Å². The Bertz CT molecular complexity index is 1000. The van der Waals surface area contributed by atoms with Crippen LogP contribution in [-0.4, -0.2) is 18.0 Å². The van der Waals surface area contributed by atoms with Gasteiger partial charge in [-0.15, -0.1) is 0 Å². The zero-order valence-corrected chi connectivity index (χ0v) is 18.1. The number of nitrogens with two attached hydrogens (primary N) is 1. The minimum atomic E-state index is -0.519. The second kappa shape index (κ2) is 11.0. The average Bonchev–Trinajstić information content (AvgIpc) is 2.79. The molecule has 162 valence electrons. The van der Waals surface area contributed by atoms with Crippen molar-refractivity contribution in [3.63, 3.8) is 0 Å². The van der Waals surface area contributed by atoms with Gasteiger partial charge in [-0.1, -0.05) is 44.0 Å². The van der Waals surface area contributed by atoms with E-state index in [0.29, 0.717) is 23.7 Å². The van der Waals surface area contributed by atoms with E-state index in [-0.39, 0.29) is 0 Å². The summed E-state index contributed by atoms with van der Waals surface area (Å²) in [5, 5.41) is 3.44. The first-order valence-electron chi connectivity index (χ1n) is 10.5. The highest BCUT2D eigenvalue weighted by Crippen LogP contribution is 2.29. The molecule has 0 atom stereocenters. The molecule has 0 saturated heterocycles. The Morgan fingerprint density at radius 2 is 1.90 bits per heavy atom. The Morgan fingerprint density at radius 1 is 1.06 bits per heavy atom. The van der Waals surface area contributed by atoms with Crippen molar-refractivity contribution in [1.82, 2.24) is 4.98 Å². The quantitative estimate of drug-likeness (QED) is 0.411. The summed E-state index contributed by atoms with van der Waals surface area (Å²) in [4.78, 5) is 15.4. The van der Waals surface area contributed by atoms with Crippen LogP contribution in [0, 0.1) is 0 Å². The summed E-state index contributed by atoms with van der Waals surface area (Å²) in [6, 6.07) is 17.3. The molecule has 6 heteroatoms. The van der Waals surface area contributed by atoms with Crippen LogP contribution in [-0.2, 0) is 13.0 Å². The zero-order valence-electron chi connectivity index (χ0n) is 18.1. The van der Waals surface area contributed by atoms with E-state index in [9.17, 15) is 4.79 Å². The van der Waals surface area contributed by atoms with Gasteiger partial charge in [0.2, 0.25) is 11.8 Å². The van der Waals surface area contributed by atoms with Crippen LogP contribution in [0.25, 0.3) is 0 Å². The van der Waals surface area contributed by atoms with Crippen LogP contribution in [0.15, 0.2) is 60.8 Å². The lowest BCUT2D eigenvalue weighted by Gasteiger charge is -2.15. The number of anilines is 1. The molecule has 3 aromatic rings.